The normalized spacial score (nSPS) is 21.5. The van der Waals surface area contributed by atoms with Crippen molar-refractivity contribution in [3.8, 4) is 0 Å². The number of nitrogens with one attached hydrogen (secondary N) is 1. The van der Waals surface area contributed by atoms with Crippen molar-refractivity contribution >= 4 is 11.3 Å². The first-order chi connectivity index (χ1) is 8.20. The highest BCUT2D eigenvalue weighted by Crippen LogP contribution is 2.31. The first-order valence-corrected chi connectivity index (χ1v) is 7.35. The van der Waals surface area contributed by atoms with Crippen LogP contribution in [0.4, 0.5) is 0 Å². The molecule has 0 bridgehead atoms. The second-order valence-electron chi connectivity index (χ2n) is 5.09. The summed E-state index contributed by atoms with van der Waals surface area (Å²) in [5.41, 5.74) is 0. The summed E-state index contributed by atoms with van der Waals surface area (Å²) in [6.07, 6.45) is 4.45. The second kappa shape index (κ2) is 5.94. The van der Waals surface area contributed by atoms with Gasteiger partial charge in [-0.15, -0.1) is 11.3 Å². The molecule has 1 fully saturated rings. The van der Waals surface area contributed by atoms with Gasteiger partial charge in [-0.1, -0.05) is 0 Å². The minimum absolute atomic E-state index is 0.670. The molecule has 2 rings (SSSR count). The molecule has 1 unspecified atom stereocenters. The third-order valence-corrected chi connectivity index (χ3v) is 4.71. The molecule has 96 valence electrons. The standard InChI is InChI=1S/C13H23N3S/c1-10(2)16-7-5-11(9-16)13-15-8-12(17-13)4-6-14-3/h8,10-11,14H,4-7,9H2,1-3H3. The third-order valence-electron chi connectivity index (χ3n) is 3.49. The molecule has 3 nitrogen and oxygen atoms in total. The molecule has 4 heteroatoms. The van der Waals surface area contributed by atoms with Gasteiger partial charge in [0, 0.05) is 29.6 Å². The zero-order chi connectivity index (χ0) is 12.3. The molecule has 0 aromatic carbocycles. The van der Waals surface area contributed by atoms with Crippen molar-refractivity contribution in [3.63, 3.8) is 0 Å². The fourth-order valence-electron chi connectivity index (χ4n) is 2.33. The molecule has 1 saturated heterocycles. The number of thiazole rings is 1. The van der Waals surface area contributed by atoms with E-state index >= 15 is 0 Å². The van der Waals surface area contributed by atoms with Gasteiger partial charge >= 0.3 is 0 Å². The zero-order valence-corrected chi connectivity index (χ0v) is 11.9. The van der Waals surface area contributed by atoms with E-state index < -0.39 is 0 Å². The smallest absolute Gasteiger partial charge is 0.0971 e. The average Bonchev–Trinajstić information content (AvgIpc) is 2.94. The summed E-state index contributed by atoms with van der Waals surface area (Å²) in [4.78, 5) is 8.58. The van der Waals surface area contributed by atoms with Crippen LogP contribution in [0.5, 0.6) is 0 Å². The molecular weight excluding hydrogens is 230 g/mol. The summed E-state index contributed by atoms with van der Waals surface area (Å²) >= 11 is 1.91. The topological polar surface area (TPSA) is 28.2 Å². The Morgan fingerprint density at radius 1 is 1.59 bits per heavy atom. The minimum atomic E-state index is 0.670. The Hall–Kier alpha value is -0.450. The van der Waals surface area contributed by atoms with Crippen molar-refractivity contribution < 1.29 is 0 Å². The van der Waals surface area contributed by atoms with E-state index in [0.717, 1.165) is 13.0 Å². The van der Waals surface area contributed by atoms with Crippen molar-refractivity contribution in [2.24, 2.45) is 0 Å². The van der Waals surface area contributed by atoms with Gasteiger partial charge in [-0.3, -0.25) is 0 Å². The van der Waals surface area contributed by atoms with Crippen LogP contribution in [0.3, 0.4) is 0 Å². The highest BCUT2D eigenvalue weighted by atomic mass is 32.1. The third kappa shape index (κ3) is 3.27. The fourth-order valence-corrected chi connectivity index (χ4v) is 3.38. The van der Waals surface area contributed by atoms with E-state index in [1.165, 1.54) is 29.4 Å². The maximum absolute atomic E-state index is 4.61. The summed E-state index contributed by atoms with van der Waals surface area (Å²) in [6.45, 7) is 8.03. The van der Waals surface area contributed by atoms with Gasteiger partial charge in [0.05, 0.1) is 5.01 Å². The fraction of sp³-hybridized carbons (Fsp3) is 0.769. The molecular formula is C13H23N3S. The maximum Gasteiger partial charge on any atom is 0.0971 e. The first kappa shape index (κ1) is 13.0. The maximum atomic E-state index is 4.61. The Kier molecular flexibility index (Phi) is 4.54. The number of nitrogens with zero attached hydrogens (tertiary/aromatic N) is 2. The number of hydrogen-bond donors (Lipinski definition) is 1. The van der Waals surface area contributed by atoms with Crippen molar-refractivity contribution in [1.82, 2.24) is 15.2 Å². The van der Waals surface area contributed by atoms with Gasteiger partial charge in [0.15, 0.2) is 0 Å². The Balaban J connectivity index is 1.92. The predicted octanol–water partition coefficient (Wildman–Crippen LogP) is 2.10. The van der Waals surface area contributed by atoms with E-state index in [-0.39, 0.29) is 0 Å². The molecule has 0 amide bonds. The molecule has 2 heterocycles. The van der Waals surface area contributed by atoms with Crippen LogP contribution < -0.4 is 5.32 Å². The molecule has 0 radical (unpaired) electrons. The molecule has 1 aromatic heterocycles. The van der Waals surface area contributed by atoms with Crippen molar-refractivity contribution in [1.29, 1.82) is 0 Å². The Bertz CT molecular complexity index is 348. The Labute approximate surface area is 108 Å². The highest BCUT2D eigenvalue weighted by Gasteiger charge is 2.27. The summed E-state index contributed by atoms with van der Waals surface area (Å²) in [6, 6.07) is 0.670. The molecule has 0 spiro atoms. The summed E-state index contributed by atoms with van der Waals surface area (Å²) < 4.78 is 0. The van der Waals surface area contributed by atoms with Crippen molar-refractivity contribution in [2.45, 2.75) is 38.6 Å². The molecule has 0 aliphatic carbocycles. The van der Waals surface area contributed by atoms with Gasteiger partial charge in [-0.05, 0) is 46.8 Å². The SMILES string of the molecule is CNCCc1cnc(C2CCN(C(C)C)C2)s1. The van der Waals surface area contributed by atoms with Crippen LogP contribution >= 0.6 is 11.3 Å². The van der Waals surface area contributed by atoms with Gasteiger partial charge < -0.3 is 10.2 Å². The van der Waals surface area contributed by atoms with Crippen LogP contribution in [0, 0.1) is 0 Å². The summed E-state index contributed by atoms with van der Waals surface area (Å²) in [7, 11) is 2.00. The average molecular weight is 253 g/mol. The summed E-state index contributed by atoms with van der Waals surface area (Å²) in [5.74, 6) is 0.672. The first-order valence-electron chi connectivity index (χ1n) is 6.54. The molecule has 1 aromatic rings. The number of likely N-dealkylation sites (N-methyl/N-ethyl adjacent to an activating group) is 1. The molecule has 0 saturated carbocycles. The Morgan fingerprint density at radius 2 is 2.41 bits per heavy atom. The van der Waals surface area contributed by atoms with Crippen LogP contribution in [0.15, 0.2) is 6.20 Å². The molecule has 1 atom stereocenters. The van der Waals surface area contributed by atoms with E-state index in [2.05, 4.69) is 35.2 Å². The van der Waals surface area contributed by atoms with Crippen molar-refractivity contribution in [2.75, 3.05) is 26.7 Å². The van der Waals surface area contributed by atoms with Crippen LogP contribution in [0.2, 0.25) is 0 Å². The lowest BCUT2D eigenvalue weighted by Gasteiger charge is -2.19. The summed E-state index contributed by atoms with van der Waals surface area (Å²) in [5, 5.41) is 4.53. The van der Waals surface area contributed by atoms with Crippen LogP contribution in [0.1, 0.15) is 36.1 Å². The quantitative estimate of drug-likeness (QED) is 0.871. The van der Waals surface area contributed by atoms with Crippen LogP contribution in [-0.2, 0) is 6.42 Å². The molecule has 1 N–H and O–H groups in total. The van der Waals surface area contributed by atoms with E-state index in [0.29, 0.717) is 12.0 Å². The predicted molar refractivity (Wildman–Crippen MR) is 73.8 cm³/mol. The van der Waals surface area contributed by atoms with Crippen LogP contribution in [-0.4, -0.2) is 42.6 Å². The number of likely N-dealkylation sites (tertiary alicyclic amines) is 1. The van der Waals surface area contributed by atoms with Gasteiger partial charge in [0.25, 0.3) is 0 Å². The van der Waals surface area contributed by atoms with Crippen molar-refractivity contribution in [3.05, 3.63) is 16.1 Å². The second-order valence-corrected chi connectivity index (χ2v) is 6.24. The number of hydrogen-bond acceptors (Lipinski definition) is 4. The lowest BCUT2D eigenvalue weighted by molar-refractivity contribution is 0.272. The van der Waals surface area contributed by atoms with Gasteiger partial charge in [0.2, 0.25) is 0 Å². The highest BCUT2D eigenvalue weighted by molar-refractivity contribution is 7.11. The molecule has 1 aliphatic heterocycles. The van der Waals surface area contributed by atoms with Gasteiger partial charge in [-0.25, -0.2) is 4.98 Å². The zero-order valence-electron chi connectivity index (χ0n) is 11.1. The van der Waals surface area contributed by atoms with E-state index in [9.17, 15) is 0 Å². The number of aromatic nitrogens is 1. The van der Waals surface area contributed by atoms with Crippen LogP contribution in [0.25, 0.3) is 0 Å². The molecule has 17 heavy (non-hydrogen) atoms. The number of rotatable bonds is 5. The minimum Gasteiger partial charge on any atom is -0.319 e. The largest absolute Gasteiger partial charge is 0.319 e. The van der Waals surface area contributed by atoms with E-state index in [1.807, 2.05) is 18.4 Å². The lowest BCUT2D eigenvalue weighted by atomic mass is 10.1. The molecule has 1 aliphatic rings. The lowest BCUT2D eigenvalue weighted by Crippen LogP contribution is -2.27. The monoisotopic (exact) mass is 253 g/mol. The van der Waals surface area contributed by atoms with Gasteiger partial charge in [-0.2, -0.15) is 0 Å². The van der Waals surface area contributed by atoms with Gasteiger partial charge in [0.1, 0.15) is 0 Å². The van der Waals surface area contributed by atoms with E-state index in [1.54, 1.807) is 0 Å². The Morgan fingerprint density at radius 3 is 3.06 bits per heavy atom. The van der Waals surface area contributed by atoms with E-state index in [4.69, 9.17) is 0 Å².